The van der Waals surface area contributed by atoms with E-state index in [2.05, 4.69) is 45.5 Å². The number of pyridine rings is 1. The van der Waals surface area contributed by atoms with E-state index in [0.29, 0.717) is 5.92 Å². The van der Waals surface area contributed by atoms with Gasteiger partial charge in [-0.15, -0.1) is 10.2 Å². The van der Waals surface area contributed by atoms with Crippen molar-refractivity contribution in [2.24, 2.45) is 5.92 Å². The van der Waals surface area contributed by atoms with Crippen LogP contribution < -0.4 is 10.6 Å². The van der Waals surface area contributed by atoms with Crippen LogP contribution in [0.1, 0.15) is 18.7 Å². The van der Waals surface area contributed by atoms with Gasteiger partial charge in [-0.1, -0.05) is 48.6 Å². The highest BCUT2D eigenvalue weighted by atomic mass is 15.4. The second-order valence-electron chi connectivity index (χ2n) is 6.85. The van der Waals surface area contributed by atoms with Crippen molar-refractivity contribution in [1.29, 1.82) is 0 Å². The summed E-state index contributed by atoms with van der Waals surface area (Å²) in [5.41, 5.74) is 2.82. The van der Waals surface area contributed by atoms with E-state index in [9.17, 15) is 0 Å². The number of benzene rings is 1. The molecular weight excluding hydrogens is 334 g/mol. The van der Waals surface area contributed by atoms with Crippen LogP contribution in [0.2, 0.25) is 0 Å². The van der Waals surface area contributed by atoms with Gasteiger partial charge in [0.05, 0.1) is 11.0 Å². The molecule has 3 heterocycles. The fraction of sp³-hybridized carbons (Fsp3) is 0.182. The highest BCUT2D eigenvalue weighted by molar-refractivity contribution is 5.59. The second kappa shape index (κ2) is 6.76. The van der Waals surface area contributed by atoms with Gasteiger partial charge < -0.3 is 0 Å². The maximum absolute atomic E-state index is 4.77. The van der Waals surface area contributed by atoms with E-state index in [4.69, 9.17) is 5.10 Å². The standard InChI is InChI=1S/C22H19N5/c1-2-5-17(6-3-1)20-11-13-22-25-24-21(27(22)26-20)12-9-16-8-10-19-18(15-16)7-4-14-23-19/h1-7,10-11,13-16H,8-9,12H2. The molecule has 27 heavy (non-hydrogen) atoms. The molecule has 0 bridgehead atoms. The van der Waals surface area contributed by atoms with E-state index in [1.807, 2.05) is 47.1 Å². The number of hydrogen-bond acceptors (Lipinski definition) is 4. The normalized spacial score (nSPS) is 15.8. The lowest BCUT2D eigenvalue weighted by Crippen LogP contribution is -2.31. The van der Waals surface area contributed by atoms with Gasteiger partial charge in [0.15, 0.2) is 11.5 Å². The average Bonchev–Trinajstić information content (AvgIpc) is 3.15. The lowest BCUT2D eigenvalue weighted by atomic mass is 9.94. The Balaban J connectivity index is 1.40. The molecule has 5 heteroatoms. The predicted octanol–water partition coefficient (Wildman–Crippen LogP) is 2.40. The molecule has 3 aromatic heterocycles. The van der Waals surface area contributed by atoms with Gasteiger partial charge in [-0.25, -0.2) is 0 Å². The highest BCUT2D eigenvalue weighted by Gasteiger charge is 2.13. The topological polar surface area (TPSA) is 56.0 Å². The van der Waals surface area contributed by atoms with Gasteiger partial charge >= 0.3 is 0 Å². The molecule has 1 aliphatic carbocycles. The van der Waals surface area contributed by atoms with Crippen LogP contribution in [0, 0.1) is 5.92 Å². The Morgan fingerprint density at radius 3 is 2.81 bits per heavy atom. The summed E-state index contributed by atoms with van der Waals surface area (Å²) < 4.78 is 1.88. The molecule has 4 aromatic rings. The number of aryl methyl sites for hydroxylation is 1. The van der Waals surface area contributed by atoms with Crippen molar-refractivity contribution in [3.8, 4) is 11.3 Å². The third kappa shape index (κ3) is 3.12. The molecule has 0 saturated carbocycles. The van der Waals surface area contributed by atoms with Gasteiger partial charge in [0, 0.05) is 18.2 Å². The number of hydrogen-bond donors (Lipinski definition) is 0. The molecule has 0 spiro atoms. The highest BCUT2D eigenvalue weighted by Crippen LogP contribution is 2.19. The van der Waals surface area contributed by atoms with Crippen LogP contribution in [0.3, 0.4) is 0 Å². The Kier molecular flexibility index (Phi) is 3.98. The largest absolute Gasteiger partial charge is 0.257 e. The molecule has 0 amide bonds. The average molecular weight is 353 g/mol. The van der Waals surface area contributed by atoms with Crippen molar-refractivity contribution < 1.29 is 0 Å². The quantitative estimate of drug-likeness (QED) is 0.565. The molecule has 0 fully saturated rings. The Morgan fingerprint density at radius 1 is 0.963 bits per heavy atom. The minimum absolute atomic E-state index is 0.492. The van der Waals surface area contributed by atoms with Crippen LogP contribution in [0.25, 0.3) is 29.1 Å². The fourth-order valence-electron chi connectivity index (χ4n) is 3.59. The zero-order valence-electron chi connectivity index (χ0n) is 14.9. The smallest absolute Gasteiger partial charge is 0.177 e. The zero-order chi connectivity index (χ0) is 18.1. The van der Waals surface area contributed by atoms with E-state index in [1.165, 1.54) is 5.22 Å². The number of rotatable bonds is 4. The van der Waals surface area contributed by atoms with Gasteiger partial charge in [0.1, 0.15) is 0 Å². The summed E-state index contributed by atoms with van der Waals surface area (Å²) in [5, 5.41) is 15.7. The number of aromatic nitrogens is 5. The second-order valence-corrected chi connectivity index (χ2v) is 6.85. The first-order valence-electron chi connectivity index (χ1n) is 9.27. The molecule has 0 saturated heterocycles. The summed E-state index contributed by atoms with van der Waals surface area (Å²) in [6.07, 6.45) is 9.28. The first kappa shape index (κ1) is 15.9. The minimum atomic E-state index is 0.492. The molecule has 5 rings (SSSR count). The van der Waals surface area contributed by atoms with Crippen LogP contribution in [0.15, 0.2) is 60.8 Å². The van der Waals surface area contributed by atoms with Gasteiger partial charge in [0.2, 0.25) is 0 Å². The maximum Gasteiger partial charge on any atom is 0.177 e. The van der Waals surface area contributed by atoms with E-state index >= 15 is 0 Å². The number of nitrogens with zero attached hydrogens (tertiary/aromatic N) is 5. The van der Waals surface area contributed by atoms with E-state index < -0.39 is 0 Å². The molecule has 132 valence electrons. The molecule has 1 aliphatic rings. The van der Waals surface area contributed by atoms with Crippen LogP contribution >= 0.6 is 0 Å². The van der Waals surface area contributed by atoms with Gasteiger partial charge in [-0.3, -0.25) is 4.98 Å². The van der Waals surface area contributed by atoms with Crippen molar-refractivity contribution in [1.82, 2.24) is 24.8 Å². The molecule has 0 aliphatic heterocycles. The third-order valence-electron chi connectivity index (χ3n) is 5.04. The van der Waals surface area contributed by atoms with Crippen molar-refractivity contribution in [2.45, 2.75) is 19.3 Å². The fourth-order valence-corrected chi connectivity index (χ4v) is 3.59. The molecular formula is C22H19N5. The van der Waals surface area contributed by atoms with Crippen molar-refractivity contribution in [2.75, 3.05) is 0 Å². The van der Waals surface area contributed by atoms with Crippen molar-refractivity contribution >= 4 is 17.8 Å². The van der Waals surface area contributed by atoms with Crippen molar-refractivity contribution in [3.63, 3.8) is 0 Å². The first-order valence-corrected chi connectivity index (χ1v) is 9.27. The summed E-state index contributed by atoms with van der Waals surface area (Å²) in [6, 6.07) is 18.3. The van der Waals surface area contributed by atoms with Gasteiger partial charge in [-0.05, 0) is 42.2 Å². The SMILES string of the molecule is C1=c2cccnc2=CCC1CCc1nnc2ccc(-c3ccccc3)nn12. The van der Waals surface area contributed by atoms with Gasteiger partial charge in [0.25, 0.3) is 0 Å². The Bertz CT molecular complexity index is 1210. The first-order chi connectivity index (χ1) is 13.4. The molecule has 1 unspecified atom stereocenters. The summed E-state index contributed by atoms with van der Waals surface area (Å²) in [6.45, 7) is 0. The third-order valence-corrected chi connectivity index (χ3v) is 5.04. The number of fused-ring (bicyclic) bond motifs is 2. The predicted molar refractivity (Wildman–Crippen MR) is 105 cm³/mol. The molecule has 1 aromatic carbocycles. The summed E-state index contributed by atoms with van der Waals surface area (Å²) in [7, 11) is 0. The Labute approximate surface area is 156 Å². The van der Waals surface area contributed by atoms with E-state index in [1.54, 1.807) is 0 Å². The summed E-state index contributed by atoms with van der Waals surface area (Å²) >= 11 is 0. The molecule has 5 nitrogen and oxygen atoms in total. The van der Waals surface area contributed by atoms with Crippen molar-refractivity contribution in [3.05, 3.63) is 77.2 Å². The zero-order valence-corrected chi connectivity index (χ0v) is 14.9. The lowest BCUT2D eigenvalue weighted by molar-refractivity contribution is 0.610. The maximum atomic E-state index is 4.77. The molecule has 0 N–H and O–H groups in total. The lowest BCUT2D eigenvalue weighted by Gasteiger charge is -2.12. The molecule has 1 atom stereocenters. The van der Waals surface area contributed by atoms with E-state index in [-0.39, 0.29) is 0 Å². The Morgan fingerprint density at radius 2 is 1.89 bits per heavy atom. The molecule has 0 radical (unpaired) electrons. The minimum Gasteiger partial charge on any atom is -0.257 e. The van der Waals surface area contributed by atoms with Crippen LogP contribution in [-0.2, 0) is 6.42 Å². The van der Waals surface area contributed by atoms with E-state index in [0.717, 1.165) is 47.3 Å². The van der Waals surface area contributed by atoms with Crippen LogP contribution in [0.4, 0.5) is 0 Å². The summed E-state index contributed by atoms with van der Waals surface area (Å²) in [4.78, 5) is 4.42. The van der Waals surface area contributed by atoms with Crippen LogP contribution in [-0.4, -0.2) is 24.8 Å². The van der Waals surface area contributed by atoms with Gasteiger partial charge in [-0.2, -0.15) is 9.61 Å². The Hall–Kier alpha value is -3.34. The summed E-state index contributed by atoms with van der Waals surface area (Å²) in [5.74, 6) is 1.40. The monoisotopic (exact) mass is 353 g/mol. The van der Waals surface area contributed by atoms with Crippen LogP contribution in [0.5, 0.6) is 0 Å².